The summed E-state index contributed by atoms with van der Waals surface area (Å²) < 4.78 is 48.9. The largest absolute Gasteiger partial charge is 0.394 e. The average Bonchev–Trinajstić information content (AvgIpc) is 2.78. The number of ether oxygens (including phenoxy) is 9. The van der Waals surface area contributed by atoms with Crippen LogP contribution in [0.2, 0.25) is 0 Å². The van der Waals surface area contributed by atoms with Gasteiger partial charge >= 0.3 is 0 Å². The summed E-state index contributed by atoms with van der Waals surface area (Å²) in [7, 11) is 4.90. The molecule has 1 N–H and O–H groups in total. The first-order valence-electron chi connectivity index (χ1n) is 10.8. The van der Waals surface area contributed by atoms with Crippen LogP contribution in [0.3, 0.4) is 0 Å². The third-order valence-electron chi connectivity index (χ3n) is 4.31. The maximum absolute atomic E-state index is 9.26. The first-order chi connectivity index (χ1) is 15.2. The van der Waals surface area contributed by atoms with Gasteiger partial charge in [0.2, 0.25) is 0 Å². The van der Waals surface area contributed by atoms with Crippen LogP contribution in [-0.4, -0.2) is 131 Å². The number of hydrogen-bond acceptors (Lipinski definition) is 10. The fourth-order valence-electron chi connectivity index (χ4n) is 2.56. The predicted molar refractivity (Wildman–Crippen MR) is 115 cm³/mol. The molecule has 0 saturated carbocycles. The quantitative estimate of drug-likeness (QED) is 0.185. The fraction of sp³-hybridized carbons (Fsp3) is 1.00. The Morgan fingerprint density at radius 1 is 0.484 bits per heavy atom. The van der Waals surface area contributed by atoms with E-state index in [0.717, 1.165) is 0 Å². The summed E-state index contributed by atoms with van der Waals surface area (Å²) in [5.74, 6) is 0. The number of aliphatic hydroxyl groups is 1. The maximum atomic E-state index is 9.26. The molecule has 0 aliphatic carbocycles. The van der Waals surface area contributed by atoms with E-state index in [1.165, 1.54) is 0 Å². The second-order valence-corrected chi connectivity index (χ2v) is 6.74. The molecular formula is C21H44O10. The van der Waals surface area contributed by atoms with Gasteiger partial charge in [0.15, 0.2) is 0 Å². The van der Waals surface area contributed by atoms with Gasteiger partial charge in [0.25, 0.3) is 0 Å². The van der Waals surface area contributed by atoms with Crippen LogP contribution in [0.5, 0.6) is 0 Å². The topological polar surface area (TPSA) is 103 Å². The number of aliphatic hydroxyl groups excluding tert-OH is 1. The highest BCUT2D eigenvalue weighted by Crippen LogP contribution is 2.22. The third kappa shape index (κ3) is 20.0. The fourth-order valence-corrected chi connectivity index (χ4v) is 2.56. The lowest BCUT2D eigenvalue weighted by molar-refractivity contribution is -0.135. The summed E-state index contributed by atoms with van der Waals surface area (Å²) in [6.07, 6.45) is 1.21. The maximum Gasteiger partial charge on any atom is 0.0959 e. The molecule has 0 rings (SSSR count). The van der Waals surface area contributed by atoms with E-state index in [2.05, 4.69) is 0 Å². The summed E-state index contributed by atoms with van der Waals surface area (Å²) in [5, 5.41) is 9.26. The normalized spacial score (nSPS) is 12.0. The van der Waals surface area contributed by atoms with Gasteiger partial charge in [-0.15, -0.1) is 0 Å². The predicted octanol–water partition coefficient (Wildman–Crippen LogP) is 0.537. The van der Waals surface area contributed by atoms with Crippen molar-refractivity contribution in [2.45, 2.75) is 18.4 Å². The first kappa shape index (κ1) is 30.6. The number of hydrogen-bond donors (Lipinski definition) is 1. The van der Waals surface area contributed by atoms with Gasteiger partial charge in [-0.25, -0.2) is 0 Å². The van der Waals surface area contributed by atoms with Gasteiger partial charge in [-0.05, 0) is 0 Å². The van der Waals surface area contributed by atoms with Crippen LogP contribution in [-0.2, 0) is 42.6 Å². The van der Waals surface area contributed by atoms with Gasteiger partial charge in [0.1, 0.15) is 0 Å². The molecule has 0 aliphatic heterocycles. The zero-order valence-corrected chi connectivity index (χ0v) is 19.6. The second-order valence-electron chi connectivity index (χ2n) is 6.74. The van der Waals surface area contributed by atoms with Crippen LogP contribution in [0, 0.1) is 0 Å². The molecule has 10 nitrogen and oxygen atoms in total. The third-order valence-corrected chi connectivity index (χ3v) is 4.31. The first-order valence-corrected chi connectivity index (χ1v) is 10.8. The Balaban J connectivity index is 4.41. The van der Waals surface area contributed by atoms with Gasteiger partial charge in [0.05, 0.1) is 91.5 Å². The van der Waals surface area contributed by atoms with E-state index in [-0.39, 0.29) is 13.2 Å². The molecule has 0 aromatic carbocycles. The van der Waals surface area contributed by atoms with Gasteiger partial charge in [0, 0.05) is 47.4 Å². The van der Waals surface area contributed by atoms with Gasteiger partial charge in [-0.2, -0.15) is 0 Å². The highest BCUT2D eigenvalue weighted by molar-refractivity contribution is 4.81. The smallest absolute Gasteiger partial charge is 0.0959 e. The van der Waals surface area contributed by atoms with Crippen molar-refractivity contribution in [3.63, 3.8) is 0 Å². The molecular weight excluding hydrogens is 412 g/mol. The Morgan fingerprint density at radius 3 is 1.29 bits per heavy atom. The molecule has 10 heteroatoms. The van der Waals surface area contributed by atoms with Gasteiger partial charge in [-0.1, -0.05) is 0 Å². The average molecular weight is 457 g/mol. The highest BCUT2D eigenvalue weighted by Gasteiger charge is 2.31. The molecule has 0 aromatic rings. The van der Waals surface area contributed by atoms with Crippen LogP contribution < -0.4 is 0 Å². The van der Waals surface area contributed by atoms with Crippen molar-refractivity contribution in [2.75, 3.05) is 120 Å². The molecule has 31 heavy (non-hydrogen) atoms. The molecule has 0 atom stereocenters. The van der Waals surface area contributed by atoms with Crippen LogP contribution in [0.15, 0.2) is 0 Å². The van der Waals surface area contributed by atoms with Crippen LogP contribution >= 0.6 is 0 Å². The Labute approximate surface area is 187 Å². The van der Waals surface area contributed by atoms with Crippen molar-refractivity contribution in [3.05, 3.63) is 0 Å². The molecule has 0 bridgehead atoms. The summed E-state index contributed by atoms with van der Waals surface area (Å²) in [6, 6.07) is 0. The van der Waals surface area contributed by atoms with E-state index >= 15 is 0 Å². The molecule has 0 fully saturated rings. The number of methoxy groups -OCH3 is 3. The van der Waals surface area contributed by atoms with Crippen LogP contribution in [0.4, 0.5) is 0 Å². The summed E-state index contributed by atoms with van der Waals surface area (Å²) in [5.41, 5.74) is -0.621. The molecule has 0 radical (unpaired) electrons. The summed E-state index contributed by atoms with van der Waals surface area (Å²) in [4.78, 5) is 0. The molecule has 0 aromatic heterocycles. The lowest BCUT2D eigenvalue weighted by Gasteiger charge is -2.33. The molecule has 0 unspecified atom stereocenters. The lowest BCUT2D eigenvalue weighted by atomic mass is 9.96. The number of rotatable bonds is 26. The zero-order chi connectivity index (χ0) is 22.9. The monoisotopic (exact) mass is 456 g/mol. The highest BCUT2D eigenvalue weighted by atomic mass is 16.6. The SMILES string of the molecule is COCCOCCOCCC(CCOCCOCCOC)(COCCOC)OCCO. The van der Waals surface area contributed by atoms with Crippen molar-refractivity contribution in [3.8, 4) is 0 Å². The minimum atomic E-state index is -0.621. The second kappa shape index (κ2) is 24.2. The van der Waals surface area contributed by atoms with Crippen molar-refractivity contribution < 1.29 is 47.7 Å². The standard InChI is InChI=1S/C21H44O10/c1-23-10-13-28-18-16-26-7-4-21(31-9-6-22,20-30-15-12-25-3)5-8-27-17-19-29-14-11-24-2/h22H,4-20H2,1-3H3. The Bertz CT molecular complexity index is 326. The molecule has 0 saturated heterocycles. The van der Waals surface area contributed by atoms with Gasteiger partial charge in [-0.3, -0.25) is 0 Å². The van der Waals surface area contributed by atoms with E-state index < -0.39 is 5.60 Å². The molecule has 0 heterocycles. The molecule has 0 amide bonds. The minimum absolute atomic E-state index is 0.0672. The van der Waals surface area contributed by atoms with Crippen molar-refractivity contribution in [1.29, 1.82) is 0 Å². The van der Waals surface area contributed by atoms with Crippen molar-refractivity contribution in [2.24, 2.45) is 0 Å². The van der Waals surface area contributed by atoms with Crippen LogP contribution in [0.1, 0.15) is 12.8 Å². The van der Waals surface area contributed by atoms with E-state index in [9.17, 15) is 5.11 Å². The molecule has 188 valence electrons. The zero-order valence-electron chi connectivity index (χ0n) is 19.6. The van der Waals surface area contributed by atoms with Crippen LogP contribution in [0.25, 0.3) is 0 Å². The van der Waals surface area contributed by atoms with E-state index in [0.29, 0.717) is 98.7 Å². The molecule has 0 spiro atoms. The van der Waals surface area contributed by atoms with Crippen molar-refractivity contribution >= 4 is 0 Å². The minimum Gasteiger partial charge on any atom is -0.394 e. The van der Waals surface area contributed by atoms with E-state index in [1.807, 2.05) is 0 Å². The Hall–Kier alpha value is -0.400. The Kier molecular flexibility index (Phi) is 23.9. The summed E-state index contributed by atoms with van der Waals surface area (Å²) >= 11 is 0. The lowest BCUT2D eigenvalue weighted by Crippen LogP contribution is -2.42. The molecule has 0 aliphatic rings. The summed E-state index contributed by atoms with van der Waals surface area (Å²) in [6.45, 7) is 6.63. The Morgan fingerprint density at radius 2 is 0.871 bits per heavy atom. The van der Waals surface area contributed by atoms with Gasteiger partial charge < -0.3 is 47.7 Å². The van der Waals surface area contributed by atoms with Crippen molar-refractivity contribution in [1.82, 2.24) is 0 Å². The van der Waals surface area contributed by atoms with E-state index in [1.54, 1.807) is 21.3 Å². The van der Waals surface area contributed by atoms with E-state index in [4.69, 9.17) is 42.6 Å².